The van der Waals surface area contributed by atoms with Gasteiger partial charge in [-0.25, -0.2) is 4.98 Å². The first-order valence-corrected chi connectivity index (χ1v) is 5.86. The van der Waals surface area contributed by atoms with Gasteiger partial charge >= 0.3 is 5.97 Å². The molecule has 2 atom stereocenters. The summed E-state index contributed by atoms with van der Waals surface area (Å²) < 4.78 is 5.27. The smallest absolute Gasteiger partial charge is 0.308 e. The van der Waals surface area contributed by atoms with Gasteiger partial charge in [0.25, 0.3) is 5.91 Å². The van der Waals surface area contributed by atoms with Crippen LogP contribution in [0.15, 0.2) is 4.42 Å². The topological polar surface area (TPSA) is 83.6 Å². The number of aryl methyl sites for hydroxylation is 2. The minimum absolute atomic E-state index is 0.0456. The number of aromatic nitrogens is 1. The van der Waals surface area contributed by atoms with E-state index in [1.165, 1.54) is 4.90 Å². The Hall–Kier alpha value is -1.85. The molecule has 98 valence electrons. The number of oxazole rings is 1. The number of carbonyl (C=O) groups is 2. The zero-order chi connectivity index (χ0) is 13.4. The molecule has 1 fully saturated rings. The van der Waals surface area contributed by atoms with Crippen LogP contribution in [0.2, 0.25) is 0 Å². The number of amides is 1. The Bertz CT molecular complexity index is 494. The highest BCUT2D eigenvalue weighted by molar-refractivity contribution is 5.93. The van der Waals surface area contributed by atoms with Gasteiger partial charge in [0.15, 0.2) is 5.89 Å². The van der Waals surface area contributed by atoms with Gasteiger partial charge in [-0.1, -0.05) is 6.92 Å². The maximum absolute atomic E-state index is 12.2. The van der Waals surface area contributed by atoms with Crippen molar-refractivity contribution in [3.63, 3.8) is 0 Å². The molecule has 0 aromatic carbocycles. The van der Waals surface area contributed by atoms with E-state index < -0.39 is 11.9 Å². The number of nitrogens with zero attached hydrogens (tertiary/aromatic N) is 2. The Kier molecular flexibility index (Phi) is 3.11. The average molecular weight is 252 g/mol. The molecule has 1 aromatic rings. The van der Waals surface area contributed by atoms with Gasteiger partial charge in [0, 0.05) is 20.0 Å². The number of carbonyl (C=O) groups excluding carboxylic acids is 1. The van der Waals surface area contributed by atoms with E-state index in [1.54, 1.807) is 13.8 Å². The molecule has 2 heterocycles. The second-order valence-corrected chi connectivity index (χ2v) is 4.78. The first kappa shape index (κ1) is 12.6. The molecule has 0 spiro atoms. The van der Waals surface area contributed by atoms with Crippen molar-refractivity contribution in [2.45, 2.75) is 20.8 Å². The summed E-state index contributed by atoms with van der Waals surface area (Å²) in [4.78, 5) is 28.8. The second-order valence-electron chi connectivity index (χ2n) is 4.78. The van der Waals surface area contributed by atoms with E-state index in [9.17, 15) is 9.59 Å². The van der Waals surface area contributed by atoms with Crippen molar-refractivity contribution >= 4 is 11.9 Å². The highest BCUT2D eigenvalue weighted by Gasteiger charge is 2.38. The zero-order valence-electron chi connectivity index (χ0n) is 10.6. The lowest BCUT2D eigenvalue weighted by atomic mass is 9.99. The number of likely N-dealkylation sites (tertiary alicyclic amines) is 1. The number of aliphatic carboxylic acids is 1. The molecule has 0 bridgehead atoms. The highest BCUT2D eigenvalue weighted by atomic mass is 16.4. The summed E-state index contributed by atoms with van der Waals surface area (Å²) in [6.45, 7) is 5.89. The summed E-state index contributed by atoms with van der Waals surface area (Å²) in [5.74, 6) is -1.02. The van der Waals surface area contributed by atoms with Crippen LogP contribution in [0.25, 0.3) is 0 Å². The maximum atomic E-state index is 12.2. The maximum Gasteiger partial charge on any atom is 0.308 e. The molecule has 18 heavy (non-hydrogen) atoms. The predicted octanol–water partition coefficient (Wildman–Crippen LogP) is 1.08. The summed E-state index contributed by atoms with van der Waals surface area (Å²) in [5.41, 5.74) is 0.545. The fourth-order valence-electron chi connectivity index (χ4n) is 2.33. The first-order chi connectivity index (χ1) is 8.40. The lowest BCUT2D eigenvalue weighted by Crippen LogP contribution is -2.30. The Morgan fingerprint density at radius 2 is 2.06 bits per heavy atom. The van der Waals surface area contributed by atoms with Gasteiger partial charge in [-0.05, 0) is 12.8 Å². The fourth-order valence-corrected chi connectivity index (χ4v) is 2.33. The van der Waals surface area contributed by atoms with Crippen LogP contribution in [0.4, 0.5) is 0 Å². The molecule has 6 heteroatoms. The van der Waals surface area contributed by atoms with E-state index in [4.69, 9.17) is 9.52 Å². The molecule has 1 amide bonds. The fraction of sp³-hybridized carbons (Fsp3) is 0.583. The van der Waals surface area contributed by atoms with Crippen LogP contribution in [0, 0.1) is 25.7 Å². The normalized spacial score (nSPS) is 23.4. The minimum atomic E-state index is -0.858. The predicted molar refractivity (Wildman–Crippen MR) is 62.2 cm³/mol. The molecule has 1 N–H and O–H groups in total. The van der Waals surface area contributed by atoms with Gasteiger partial charge in [-0.2, -0.15) is 0 Å². The number of carboxylic acids is 1. The summed E-state index contributed by atoms with van der Waals surface area (Å²) in [6.07, 6.45) is 0. The number of carboxylic acid groups (broad SMARTS) is 1. The van der Waals surface area contributed by atoms with Crippen molar-refractivity contribution in [3.8, 4) is 0 Å². The van der Waals surface area contributed by atoms with Crippen molar-refractivity contribution in [1.82, 2.24) is 9.88 Å². The van der Waals surface area contributed by atoms with Crippen LogP contribution in [0.1, 0.15) is 29.1 Å². The lowest BCUT2D eigenvalue weighted by Gasteiger charge is -2.14. The molecule has 1 aliphatic rings. The van der Waals surface area contributed by atoms with Gasteiger partial charge in [0.1, 0.15) is 0 Å². The van der Waals surface area contributed by atoms with Crippen molar-refractivity contribution in [3.05, 3.63) is 17.3 Å². The van der Waals surface area contributed by atoms with Gasteiger partial charge in [-0.15, -0.1) is 0 Å². The van der Waals surface area contributed by atoms with Crippen LogP contribution < -0.4 is 0 Å². The molecule has 0 aliphatic carbocycles. The quantitative estimate of drug-likeness (QED) is 0.851. The van der Waals surface area contributed by atoms with Gasteiger partial charge in [-0.3, -0.25) is 9.59 Å². The summed E-state index contributed by atoms with van der Waals surface area (Å²) in [7, 11) is 0. The molecule has 1 aromatic heterocycles. The second kappa shape index (κ2) is 4.44. The Morgan fingerprint density at radius 1 is 1.39 bits per heavy atom. The Morgan fingerprint density at radius 3 is 2.50 bits per heavy atom. The van der Waals surface area contributed by atoms with E-state index in [-0.39, 0.29) is 24.1 Å². The van der Waals surface area contributed by atoms with E-state index in [2.05, 4.69) is 4.98 Å². The SMILES string of the molecule is Cc1nc(C)c(C(=O)N2CC(C)C(C(=O)O)C2)o1. The lowest BCUT2D eigenvalue weighted by molar-refractivity contribution is -0.142. The molecule has 2 unspecified atom stereocenters. The van der Waals surface area contributed by atoms with Crippen molar-refractivity contribution in [2.24, 2.45) is 11.8 Å². The molecule has 6 nitrogen and oxygen atoms in total. The van der Waals surface area contributed by atoms with Crippen LogP contribution in [-0.4, -0.2) is 40.0 Å². The van der Waals surface area contributed by atoms with E-state index in [0.717, 1.165) is 0 Å². The average Bonchev–Trinajstić information content (AvgIpc) is 2.81. The standard InChI is InChI=1S/C12H16N2O4/c1-6-4-14(5-9(6)12(16)17)11(15)10-7(2)13-8(3)18-10/h6,9H,4-5H2,1-3H3,(H,16,17). The number of rotatable bonds is 2. The molecule has 2 rings (SSSR count). The van der Waals surface area contributed by atoms with Crippen molar-refractivity contribution in [1.29, 1.82) is 0 Å². The largest absolute Gasteiger partial charge is 0.481 e. The highest BCUT2D eigenvalue weighted by Crippen LogP contribution is 2.25. The summed E-state index contributed by atoms with van der Waals surface area (Å²) >= 11 is 0. The number of hydrogen-bond donors (Lipinski definition) is 1. The van der Waals surface area contributed by atoms with E-state index in [0.29, 0.717) is 18.1 Å². The molecular weight excluding hydrogens is 236 g/mol. The Labute approximate surface area is 105 Å². The Balaban J connectivity index is 2.17. The van der Waals surface area contributed by atoms with Gasteiger partial charge in [0.05, 0.1) is 11.6 Å². The molecule has 1 saturated heterocycles. The monoisotopic (exact) mass is 252 g/mol. The van der Waals surface area contributed by atoms with Crippen LogP contribution in [0.3, 0.4) is 0 Å². The van der Waals surface area contributed by atoms with Crippen molar-refractivity contribution in [2.75, 3.05) is 13.1 Å². The minimum Gasteiger partial charge on any atom is -0.481 e. The zero-order valence-corrected chi connectivity index (χ0v) is 10.6. The van der Waals surface area contributed by atoms with E-state index in [1.807, 2.05) is 6.92 Å². The van der Waals surface area contributed by atoms with Gasteiger partial charge in [0.2, 0.25) is 5.76 Å². The summed E-state index contributed by atoms with van der Waals surface area (Å²) in [6, 6.07) is 0. The molecule has 0 radical (unpaired) electrons. The third-order valence-corrected chi connectivity index (χ3v) is 3.31. The van der Waals surface area contributed by atoms with Gasteiger partial charge < -0.3 is 14.4 Å². The third kappa shape index (κ3) is 2.10. The van der Waals surface area contributed by atoms with Crippen LogP contribution in [-0.2, 0) is 4.79 Å². The number of hydrogen-bond acceptors (Lipinski definition) is 4. The van der Waals surface area contributed by atoms with Crippen LogP contribution >= 0.6 is 0 Å². The molecular formula is C12H16N2O4. The summed E-state index contributed by atoms with van der Waals surface area (Å²) in [5, 5.41) is 9.04. The van der Waals surface area contributed by atoms with Crippen LogP contribution in [0.5, 0.6) is 0 Å². The first-order valence-electron chi connectivity index (χ1n) is 5.86. The third-order valence-electron chi connectivity index (χ3n) is 3.31. The van der Waals surface area contributed by atoms with Crippen molar-refractivity contribution < 1.29 is 19.1 Å². The van der Waals surface area contributed by atoms with E-state index >= 15 is 0 Å². The molecule has 1 aliphatic heterocycles. The molecule has 0 saturated carbocycles.